The van der Waals surface area contributed by atoms with Crippen molar-refractivity contribution in [2.45, 2.75) is 232 Å². The molecule has 0 spiro atoms. The summed E-state index contributed by atoms with van der Waals surface area (Å²) in [4.78, 5) is 35.3. The van der Waals surface area contributed by atoms with Gasteiger partial charge in [-0.2, -0.15) is 0 Å². The average molecular weight is 909 g/mol. The zero-order chi connectivity index (χ0) is 46.4. The van der Waals surface area contributed by atoms with E-state index >= 15 is 0 Å². The molecule has 9 nitrogen and oxygen atoms in total. The fourth-order valence-electron chi connectivity index (χ4n) is 7.12. The zero-order valence-electron chi connectivity index (χ0n) is 41.6. The summed E-state index contributed by atoms with van der Waals surface area (Å²) in [6.07, 6.45) is 54.9. The zero-order valence-corrected chi connectivity index (χ0v) is 42.5. The van der Waals surface area contributed by atoms with Crippen molar-refractivity contribution in [1.29, 1.82) is 0 Å². The number of rotatable bonds is 47. The van der Waals surface area contributed by atoms with Crippen molar-refractivity contribution in [2.75, 3.05) is 47.5 Å². The second kappa shape index (κ2) is 45.1. The van der Waals surface area contributed by atoms with Crippen LogP contribution in [0.4, 0.5) is 0 Å². The summed E-state index contributed by atoms with van der Waals surface area (Å²) < 4.78 is 34.3. The maximum atomic E-state index is 12.7. The summed E-state index contributed by atoms with van der Waals surface area (Å²) in [5, 5.41) is 0. The summed E-state index contributed by atoms with van der Waals surface area (Å²) in [7, 11) is 1.48. The number of esters is 2. The molecule has 0 bridgehead atoms. The van der Waals surface area contributed by atoms with Crippen molar-refractivity contribution in [1.82, 2.24) is 0 Å². The second-order valence-corrected chi connectivity index (χ2v) is 20.0. The van der Waals surface area contributed by atoms with Crippen LogP contribution in [-0.4, -0.2) is 74.9 Å². The highest BCUT2D eigenvalue weighted by molar-refractivity contribution is 7.47. The van der Waals surface area contributed by atoms with Gasteiger partial charge in [-0.15, -0.1) is 0 Å². The van der Waals surface area contributed by atoms with E-state index in [4.69, 9.17) is 18.5 Å². The van der Waals surface area contributed by atoms with Crippen LogP contribution in [-0.2, 0) is 32.7 Å². The molecule has 0 saturated heterocycles. The van der Waals surface area contributed by atoms with Gasteiger partial charge in [0.1, 0.15) is 19.8 Å². The van der Waals surface area contributed by atoms with Crippen molar-refractivity contribution in [3.05, 3.63) is 48.6 Å². The lowest BCUT2D eigenvalue weighted by Crippen LogP contribution is -2.37. The average Bonchev–Trinajstić information content (AvgIpc) is 3.24. The molecule has 0 aromatic carbocycles. The largest absolute Gasteiger partial charge is 0.472 e. The van der Waals surface area contributed by atoms with E-state index < -0.39 is 26.5 Å². The first-order valence-electron chi connectivity index (χ1n) is 25.9. The summed E-state index contributed by atoms with van der Waals surface area (Å²) in [6, 6.07) is 0. The topological polar surface area (TPSA) is 108 Å². The molecule has 0 aromatic rings. The lowest BCUT2D eigenvalue weighted by molar-refractivity contribution is -0.870. The highest BCUT2D eigenvalue weighted by Crippen LogP contribution is 2.43. The van der Waals surface area contributed by atoms with E-state index in [0.717, 1.165) is 57.8 Å². The molecule has 0 amide bonds. The van der Waals surface area contributed by atoms with E-state index in [9.17, 15) is 19.0 Å². The van der Waals surface area contributed by atoms with Crippen LogP contribution in [0.1, 0.15) is 226 Å². The number of hydrogen-bond donors (Lipinski definition) is 1. The first-order valence-corrected chi connectivity index (χ1v) is 27.4. The number of carbonyl (C=O) groups excluding carboxylic acids is 2. The van der Waals surface area contributed by atoms with E-state index in [-0.39, 0.29) is 25.6 Å². The molecule has 0 rings (SSSR count). The molecule has 1 N–H and O–H groups in total. The molecule has 0 aliphatic rings. The van der Waals surface area contributed by atoms with E-state index in [1.54, 1.807) is 0 Å². The Bertz CT molecular complexity index is 1210. The highest BCUT2D eigenvalue weighted by Gasteiger charge is 2.27. The van der Waals surface area contributed by atoms with Gasteiger partial charge in [-0.3, -0.25) is 18.6 Å². The number of allylic oxidation sites excluding steroid dienone is 8. The van der Waals surface area contributed by atoms with Crippen molar-refractivity contribution < 1.29 is 42.1 Å². The van der Waals surface area contributed by atoms with Gasteiger partial charge in [-0.25, -0.2) is 4.57 Å². The predicted molar refractivity (Wildman–Crippen MR) is 266 cm³/mol. The molecule has 0 aliphatic carbocycles. The Labute approximate surface area is 388 Å². The highest BCUT2D eigenvalue weighted by atomic mass is 31.2. The first kappa shape index (κ1) is 61.0. The molecule has 0 aliphatic heterocycles. The number of hydrogen-bond acceptors (Lipinski definition) is 7. The van der Waals surface area contributed by atoms with Crippen LogP contribution in [0.2, 0.25) is 0 Å². The molecule has 10 heteroatoms. The van der Waals surface area contributed by atoms with Gasteiger partial charge in [0.05, 0.1) is 27.7 Å². The Morgan fingerprint density at radius 1 is 0.508 bits per heavy atom. The van der Waals surface area contributed by atoms with Crippen molar-refractivity contribution >= 4 is 19.8 Å². The molecule has 0 fully saturated rings. The Balaban J connectivity index is 3.97. The molecular formula is C53H99NO8P+. The lowest BCUT2D eigenvalue weighted by Gasteiger charge is -2.24. The van der Waals surface area contributed by atoms with Crippen molar-refractivity contribution in [3.8, 4) is 0 Å². The maximum absolute atomic E-state index is 12.7. The summed E-state index contributed by atoms with van der Waals surface area (Å²) in [5.41, 5.74) is 0. The van der Waals surface area contributed by atoms with E-state index in [2.05, 4.69) is 62.5 Å². The first-order chi connectivity index (χ1) is 30.5. The molecule has 2 atom stereocenters. The monoisotopic (exact) mass is 909 g/mol. The van der Waals surface area contributed by atoms with Crippen LogP contribution in [0, 0.1) is 0 Å². The van der Waals surface area contributed by atoms with Crippen LogP contribution in [0.3, 0.4) is 0 Å². The number of unbranched alkanes of at least 4 members (excludes halogenated alkanes) is 25. The Morgan fingerprint density at radius 3 is 1.35 bits per heavy atom. The van der Waals surface area contributed by atoms with Crippen LogP contribution < -0.4 is 0 Å². The number of quaternary nitrogens is 1. The van der Waals surface area contributed by atoms with Crippen LogP contribution in [0.25, 0.3) is 0 Å². The van der Waals surface area contributed by atoms with Gasteiger partial charge in [0, 0.05) is 12.8 Å². The normalized spacial score (nSPS) is 13.8. The third-order valence-electron chi connectivity index (χ3n) is 11.1. The smallest absolute Gasteiger partial charge is 0.462 e. The maximum Gasteiger partial charge on any atom is 0.472 e. The van der Waals surface area contributed by atoms with E-state index in [1.165, 1.54) is 135 Å². The number of nitrogens with zero attached hydrogens (tertiary/aromatic N) is 1. The van der Waals surface area contributed by atoms with Gasteiger partial charge in [-0.05, 0) is 51.4 Å². The van der Waals surface area contributed by atoms with Gasteiger partial charge in [0.15, 0.2) is 6.10 Å². The lowest BCUT2D eigenvalue weighted by atomic mass is 10.0. The van der Waals surface area contributed by atoms with Gasteiger partial charge < -0.3 is 18.9 Å². The summed E-state index contributed by atoms with van der Waals surface area (Å²) >= 11 is 0. The van der Waals surface area contributed by atoms with Crippen molar-refractivity contribution in [3.63, 3.8) is 0 Å². The molecular weight excluding hydrogens is 810 g/mol. The quantitative estimate of drug-likeness (QED) is 0.0211. The fraction of sp³-hybridized carbons (Fsp3) is 0.811. The number of likely N-dealkylation sites (N-methyl/N-ethyl adjacent to an activating group) is 1. The number of ether oxygens (including phenoxy) is 2. The number of phosphoric ester groups is 1. The molecule has 63 heavy (non-hydrogen) atoms. The second-order valence-electron chi connectivity index (χ2n) is 18.5. The van der Waals surface area contributed by atoms with Crippen LogP contribution in [0.15, 0.2) is 48.6 Å². The summed E-state index contributed by atoms with van der Waals surface area (Å²) in [5.74, 6) is -0.796. The minimum Gasteiger partial charge on any atom is -0.462 e. The Hall–Kier alpha value is -2.03. The van der Waals surface area contributed by atoms with Gasteiger partial charge in [0.25, 0.3) is 0 Å². The molecule has 2 unspecified atom stereocenters. The summed E-state index contributed by atoms with van der Waals surface area (Å²) in [6.45, 7) is 4.29. The fourth-order valence-corrected chi connectivity index (χ4v) is 7.87. The van der Waals surface area contributed by atoms with E-state index in [1.807, 2.05) is 21.1 Å². The molecule has 0 saturated carbocycles. The van der Waals surface area contributed by atoms with Crippen LogP contribution in [0.5, 0.6) is 0 Å². The number of carbonyl (C=O) groups is 2. The van der Waals surface area contributed by atoms with Gasteiger partial charge in [-0.1, -0.05) is 210 Å². The predicted octanol–water partition coefficient (Wildman–Crippen LogP) is 15.4. The molecule has 0 radical (unpaired) electrons. The van der Waals surface area contributed by atoms with Crippen molar-refractivity contribution in [2.24, 2.45) is 0 Å². The third-order valence-corrected chi connectivity index (χ3v) is 12.1. The molecule has 368 valence electrons. The standard InChI is InChI=1S/C53H98NO8P/c1-6-8-10-12-14-16-17-18-19-20-21-22-23-24-25-26-27-28-29-30-31-32-33-34-35-36-37-38-40-42-44-46-53(56)62-51(50-61-63(57,58)60-48-47-54(3,4)5)49-59-52(55)45-43-41-39-15-13-11-9-7-2/h8,10,14,16,18-19,21-22,51H,6-7,9,11-13,15,17,20,23-50H2,1-5H3/p+1/b10-8-,16-14-,19-18-,22-21-. The minimum absolute atomic E-state index is 0.0332. The number of phosphoric acid groups is 1. The van der Waals surface area contributed by atoms with Gasteiger partial charge in [0.2, 0.25) is 0 Å². The molecule has 0 heterocycles. The SMILES string of the molecule is CC/C=C\C/C=C\C/C=C\C/C=C\CCCCCCCCCCCCCCCCCCCCC(=O)OC(COC(=O)CCCCCCCCCC)COP(=O)(O)OCC[N+](C)(C)C. The van der Waals surface area contributed by atoms with Crippen LogP contribution >= 0.6 is 7.82 Å². The Morgan fingerprint density at radius 2 is 0.905 bits per heavy atom. The Kier molecular flexibility index (Phi) is 43.7. The third kappa shape index (κ3) is 49.2. The minimum atomic E-state index is -4.37. The van der Waals surface area contributed by atoms with Gasteiger partial charge >= 0.3 is 19.8 Å². The van der Waals surface area contributed by atoms with E-state index in [0.29, 0.717) is 23.9 Å². The molecule has 0 aromatic heterocycles.